The van der Waals surface area contributed by atoms with E-state index in [1.165, 1.54) is 6.07 Å². The van der Waals surface area contributed by atoms with Gasteiger partial charge in [-0.3, -0.25) is 10.2 Å². The topological polar surface area (TPSA) is 78.5 Å². The van der Waals surface area contributed by atoms with E-state index in [1.54, 1.807) is 13.0 Å². The van der Waals surface area contributed by atoms with Crippen LogP contribution in [0.5, 0.6) is 0 Å². The zero-order valence-electron chi connectivity index (χ0n) is 15.9. The minimum absolute atomic E-state index is 0.204. The fourth-order valence-corrected chi connectivity index (χ4v) is 4.53. The third kappa shape index (κ3) is 4.57. The lowest BCUT2D eigenvalue weighted by atomic mass is 9.99. The molecule has 0 spiro atoms. The van der Waals surface area contributed by atoms with E-state index < -0.39 is 27.0 Å². The van der Waals surface area contributed by atoms with Gasteiger partial charge in [-0.25, -0.2) is 12.8 Å². The molecule has 150 valence electrons. The van der Waals surface area contributed by atoms with Crippen LogP contribution in [0.15, 0.2) is 42.5 Å². The largest absolute Gasteiger partial charge is 0.306 e. The van der Waals surface area contributed by atoms with Crippen molar-refractivity contribution in [2.24, 2.45) is 0 Å². The second kappa shape index (κ2) is 8.38. The van der Waals surface area contributed by atoms with E-state index in [2.05, 4.69) is 15.2 Å². The number of hydrazine groups is 1. The standard InChI is InChI=1S/C20H24FN3O3S/c1-14-12-16(15-6-4-3-5-7-15)13-18(19(14)21)20(25)22-23-28(26,27)17-8-10-24(2)11-9-17/h3-7,12-13,17,23H,8-11H2,1-2H3,(H,22,25). The highest BCUT2D eigenvalue weighted by Crippen LogP contribution is 2.24. The first kappa shape index (κ1) is 20.4. The van der Waals surface area contributed by atoms with E-state index in [9.17, 15) is 17.6 Å². The van der Waals surface area contributed by atoms with E-state index >= 15 is 0 Å². The first-order valence-electron chi connectivity index (χ1n) is 9.13. The van der Waals surface area contributed by atoms with Crippen LogP contribution < -0.4 is 10.3 Å². The van der Waals surface area contributed by atoms with Crippen LogP contribution in [0.3, 0.4) is 0 Å². The number of nitrogens with one attached hydrogen (secondary N) is 2. The smallest absolute Gasteiger partial charge is 0.269 e. The van der Waals surface area contributed by atoms with Gasteiger partial charge in [0, 0.05) is 0 Å². The molecular formula is C20H24FN3O3S. The van der Waals surface area contributed by atoms with Gasteiger partial charge in [-0.05, 0) is 68.7 Å². The molecule has 1 aliphatic rings. The number of rotatable bonds is 5. The van der Waals surface area contributed by atoms with Crippen molar-refractivity contribution in [1.82, 2.24) is 15.2 Å². The number of nitrogens with zero attached hydrogens (tertiary/aromatic N) is 1. The molecule has 28 heavy (non-hydrogen) atoms. The van der Waals surface area contributed by atoms with Crippen LogP contribution in [0.4, 0.5) is 4.39 Å². The normalized spacial score (nSPS) is 16.1. The molecule has 0 unspecified atom stereocenters. The summed E-state index contributed by atoms with van der Waals surface area (Å²) in [6.07, 6.45) is 0.970. The van der Waals surface area contributed by atoms with Gasteiger partial charge in [-0.1, -0.05) is 30.3 Å². The number of benzene rings is 2. The maximum absolute atomic E-state index is 14.5. The lowest BCUT2D eigenvalue weighted by Gasteiger charge is -2.28. The Morgan fingerprint density at radius 3 is 2.39 bits per heavy atom. The first-order chi connectivity index (χ1) is 13.3. The van der Waals surface area contributed by atoms with Gasteiger partial charge in [0.2, 0.25) is 10.0 Å². The van der Waals surface area contributed by atoms with E-state index in [-0.39, 0.29) is 5.56 Å². The molecule has 6 nitrogen and oxygen atoms in total. The van der Waals surface area contributed by atoms with Crippen molar-refractivity contribution in [3.63, 3.8) is 0 Å². The Morgan fingerprint density at radius 2 is 1.75 bits per heavy atom. The van der Waals surface area contributed by atoms with Crippen LogP contribution in [0.25, 0.3) is 11.1 Å². The number of carbonyl (C=O) groups excluding carboxylic acids is 1. The fraction of sp³-hybridized carbons (Fsp3) is 0.350. The SMILES string of the molecule is Cc1cc(-c2ccccc2)cc(C(=O)NNS(=O)(=O)C2CCN(C)CC2)c1F. The molecule has 2 aromatic carbocycles. The molecule has 1 fully saturated rings. The Labute approximate surface area is 164 Å². The van der Waals surface area contributed by atoms with Crippen LogP contribution in [-0.2, 0) is 10.0 Å². The molecule has 0 saturated carbocycles. The summed E-state index contributed by atoms with van der Waals surface area (Å²) in [5.41, 5.74) is 3.79. The summed E-state index contributed by atoms with van der Waals surface area (Å²) in [7, 11) is -1.79. The zero-order valence-corrected chi connectivity index (χ0v) is 16.7. The molecule has 8 heteroatoms. The van der Waals surface area contributed by atoms with Gasteiger partial charge >= 0.3 is 0 Å². The van der Waals surface area contributed by atoms with Crippen molar-refractivity contribution in [3.8, 4) is 11.1 Å². The van der Waals surface area contributed by atoms with Gasteiger partial charge in [0.15, 0.2) is 0 Å². The van der Waals surface area contributed by atoms with E-state index in [1.807, 2.05) is 37.4 Å². The van der Waals surface area contributed by atoms with Crippen molar-refractivity contribution >= 4 is 15.9 Å². The third-order valence-corrected chi connectivity index (χ3v) is 6.75. The summed E-state index contributed by atoms with van der Waals surface area (Å²) in [5, 5.41) is -0.578. The highest BCUT2D eigenvalue weighted by Gasteiger charge is 2.29. The predicted octanol–water partition coefficient (Wildman–Crippen LogP) is 2.46. The molecule has 2 N–H and O–H groups in total. The number of amides is 1. The summed E-state index contributed by atoms with van der Waals surface area (Å²) < 4.78 is 39.4. The molecule has 0 atom stereocenters. The molecule has 3 rings (SSSR count). The van der Waals surface area contributed by atoms with Crippen LogP contribution >= 0.6 is 0 Å². The van der Waals surface area contributed by atoms with Gasteiger partial charge in [-0.15, -0.1) is 4.83 Å². The van der Waals surface area contributed by atoms with E-state index in [0.29, 0.717) is 37.1 Å². The van der Waals surface area contributed by atoms with Crippen LogP contribution in [0.2, 0.25) is 0 Å². The van der Waals surface area contributed by atoms with Crippen LogP contribution in [0.1, 0.15) is 28.8 Å². The zero-order chi connectivity index (χ0) is 20.3. The molecule has 0 bridgehead atoms. The first-order valence-corrected chi connectivity index (χ1v) is 10.7. The number of hydrogen-bond acceptors (Lipinski definition) is 4. The molecule has 1 amide bonds. The summed E-state index contributed by atoms with van der Waals surface area (Å²) in [4.78, 5) is 16.7. The van der Waals surface area contributed by atoms with E-state index in [4.69, 9.17) is 0 Å². The molecule has 2 aromatic rings. The lowest BCUT2D eigenvalue weighted by molar-refractivity contribution is 0.0940. The summed E-state index contributed by atoms with van der Waals surface area (Å²) >= 11 is 0. The quantitative estimate of drug-likeness (QED) is 0.749. The number of piperidine rings is 1. The number of sulfonamides is 1. The van der Waals surface area contributed by atoms with Crippen LogP contribution in [-0.4, -0.2) is 44.6 Å². The van der Waals surface area contributed by atoms with Crippen molar-refractivity contribution in [3.05, 3.63) is 59.4 Å². The highest BCUT2D eigenvalue weighted by atomic mass is 32.2. The summed E-state index contributed by atoms with van der Waals surface area (Å²) in [5.74, 6) is -1.49. The van der Waals surface area contributed by atoms with Gasteiger partial charge in [0.25, 0.3) is 5.91 Å². The second-order valence-corrected chi connectivity index (χ2v) is 9.09. The number of hydrogen-bond donors (Lipinski definition) is 2. The molecule has 1 saturated heterocycles. The monoisotopic (exact) mass is 405 g/mol. The number of likely N-dealkylation sites (tertiary alicyclic amines) is 1. The second-order valence-electron chi connectivity index (χ2n) is 7.12. The van der Waals surface area contributed by atoms with Crippen molar-refractivity contribution < 1.29 is 17.6 Å². The van der Waals surface area contributed by atoms with Crippen molar-refractivity contribution in [2.75, 3.05) is 20.1 Å². The maximum Gasteiger partial charge on any atom is 0.269 e. The highest BCUT2D eigenvalue weighted by molar-refractivity contribution is 7.90. The van der Waals surface area contributed by atoms with Gasteiger partial charge in [0.05, 0.1) is 10.8 Å². The Bertz CT molecular complexity index is 956. The molecule has 1 aliphatic heterocycles. The van der Waals surface area contributed by atoms with Crippen LogP contribution in [0, 0.1) is 12.7 Å². The van der Waals surface area contributed by atoms with Crippen molar-refractivity contribution in [2.45, 2.75) is 25.0 Å². The summed E-state index contributed by atoms with van der Waals surface area (Å²) in [6.45, 7) is 2.92. The molecule has 1 heterocycles. The average Bonchev–Trinajstić information content (AvgIpc) is 2.69. The number of carbonyl (C=O) groups is 1. The molecule has 0 radical (unpaired) electrons. The predicted molar refractivity (Wildman–Crippen MR) is 107 cm³/mol. The Kier molecular flexibility index (Phi) is 6.12. The lowest BCUT2D eigenvalue weighted by Crippen LogP contribution is -2.49. The Hall–Kier alpha value is -2.29. The van der Waals surface area contributed by atoms with Crippen molar-refractivity contribution in [1.29, 1.82) is 0 Å². The maximum atomic E-state index is 14.5. The average molecular weight is 405 g/mol. The molecular weight excluding hydrogens is 381 g/mol. The number of halogens is 1. The summed E-state index contributed by atoms with van der Waals surface area (Å²) in [6, 6.07) is 12.4. The van der Waals surface area contributed by atoms with Gasteiger partial charge in [0.1, 0.15) is 5.82 Å². The molecule has 0 aliphatic carbocycles. The van der Waals surface area contributed by atoms with E-state index in [0.717, 1.165) is 5.56 Å². The minimum atomic E-state index is -3.73. The third-order valence-electron chi connectivity index (χ3n) is 5.02. The fourth-order valence-electron chi connectivity index (χ4n) is 3.30. The number of aryl methyl sites for hydroxylation is 1. The Morgan fingerprint density at radius 1 is 1.11 bits per heavy atom. The minimum Gasteiger partial charge on any atom is -0.306 e. The molecule has 0 aromatic heterocycles. The van der Waals surface area contributed by atoms with Gasteiger partial charge < -0.3 is 4.90 Å². The van der Waals surface area contributed by atoms with Gasteiger partial charge in [-0.2, -0.15) is 0 Å². The Balaban J connectivity index is 1.76.